The van der Waals surface area contributed by atoms with Gasteiger partial charge in [-0.05, 0) is 24.0 Å². The second-order valence-electron chi connectivity index (χ2n) is 5.06. The summed E-state index contributed by atoms with van der Waals surface area (Å²) in [6.45, 7) is 1.98. The van der Waals surface area contributed by atoms with Gasteiger partial charge in [0.15, 0.2) is 0 Å². The first-order valence-corrected chi connectivity index (χ1v) is 6.54. The topological polar surface area (TPSA) is 52.6 Å². The highest BCUT2D eigenvalue weighted by Gasteiger charge is 2.32. The van der Waals surface area contributed by atoms with Crippen LogP contribution in [-0.4, -0.2) is 41.7 Å². The third-order valence-corrected chi connectivity index (χ3v) is 3.83. The molecule has 2 atom stereocenters. The van der Waals surface area contributed by atoms with Gasteiger partial charge in [0.05, 0.1) is 6.10 Å². The Kier molecular flexibility index (Phi) is 3.06. The second-order valence-corrected chi connectivity index (χ2v) is 5.06. The molecule has 2 aliphatic heterocycles. The maximum Gasteiger partial charge on any atom is 0.244 e. The van der Waals surface area contributed by atoms with Gasteiger partial charge in [-0.3, -0.25) is 4.79 Å². The minimum absolute atomic E-state index is 0.0960. The van der Waals surface area contributed by atoms with E-state index < -0.39 is 0 Å². The van der Waals surface area contributed by atoms with E-state index in [4.69, 9.17) is 0 Å². The van der Waals surface area contributed by atoms with Gasteiger partial charge in [-0.1, -0.05) is 24.3 Å². The molecule has 0 aliphatic carbocycles. The molecule has 3 rings (SSSR count). The molecule has 0 spiro atoms. The average molecular weight is 246 g/mol. The fourth-order valence-electron chi connectivity index (χ4n) is 2.85. The Bertz CT molecular complexity index is 461. The van der Waals surface area contributed by atoms with Gasteiger partial charge >= 0.3 is 0 Å². The predicted octanol–water partition coefficient (Wildman–Crippen LogP) is 0.467. The fourth-order valence-corrected chi connectivity index (χ4v) is 2.85. The van der Waals surface area contributed by atoms with Crippen LogP contribution in [0.5, 0.6) is 0 Å². The lowest BCUT2D eigenvalue weighted by molar-refractivity contribution is -0.133. The summed E-state index contributed by atoms with van der Waals surface area (Å²) >= 11 is 0. The third-order valence-electron chi connectivity index (χ3n) is 3.83. The zero-order valence-electron chi connectivity index (χ0n) is 10.3. The number of aliphatic hydroxyl groups excluding tert-OH is 1. The molecule has 1 fully saturated rings. The maximum absolute atomic E-state index is 12.5. The lowest BCUT2D eigenvalue weighted by Crippen LogP contribution is -2.43. The Morgan fingerprint density at radius 3 is 3.00 bits per heavy atom. The van der Waals surface area contributed by atoms with Gasteiger partial charge in [0, 0.05) is 19.6 Å². The first kappa shape index (κ1) is 11.7. The highest BCUT2D eigenvalue weighted by Crippen LogP contribution is 2.25. The number of β-amino-alcohol motifs (C(OH)–C–C–N with tert-alkyl or cyclic N) is 1. The Hall–Kier alpha value is -1.39. The molecule has 0 saturated carbocycles. The molecule has 2 unspecified atom stereocenters. The van der Waals surface area contributed by atoms with Crippen molar-refractivity contribution in [2.45, 2.75) is 25.0 Å². The highest BCUT2D eigenvalue weighted by molar-refractivity contribution is 5.84. The van der Waals surface area contributed by atoms with Gasteiger partial charge in [-0.15, -0.1) is 0 Å². The third kappa shape index (κ3) is 2.02. The molecule has 2 heterocycles. The summed E-state index contributed by atoms with van der Waals surface area (Å²) in [5.41, 5.74) is 2.35. The zero-order valence-corrected chi connectivity index (χ0v) is 10.3. The number of carbonyl (C=O) groups excluding carboxylic acids is 1. The number of hydrogen-bond acceptors (Lipinski definition) is 3. The predicted molar refractivity (Wildman–Crippen MR) is 68.1 cm³/mol. The molecule has 1 aromatic rings. The molecule has 18 heavy (non-hydrogen) atoms. The molecule has 0 aromatic heterocycles. The SMILES string of the molecule is O=C(C1NCCc2ccccc21)N1CCC(O)C1. The molecule has 4 heteroatoms. The first-order chi connectivity index (χ1) is 8.75. The van der Waals surface area contributed by atoms with Crippen LogP contribution in [-0.2, 0) is 11.2 Å². The van der Waals surface area contributed by atoms with Gasteiger partial charge < -0.3 is 15.3 Å². The fraction of sp³-hybridized carbons (Fsp3) is 0.500. The van der Waals surface area contributed by atoms with E-state index in [0.29, 0.717) is 19.5 Å². The average Bonchev–Trinajstić information content (AvgIpc) is 2.84. The number of likely N-dealkylation sites (tertiary alicyclic amines) is 1. The number of nitrogens with one attached hydrogen (secondary N) is 1. The van der Waals surface area contributed by atoms with Crippen molar-refractivity contribution >= 4 is 5.91 Å². The van der Waals surface area contributed by atoms with E-state index >= 15 is 0 Å². The van der Waals surface area contributed by atoms with Crippen molar-refractivity contribution in [3.63, 3.8) is 0 Å². The van der Waals surface area contributed by atoms with Crippen molar-refractivity contribution in [1.29, 1.82) is 0 Å². The summed E-state index contributed by atoms with van der Waals surface area (Å²) in [6.07, 6.45) is 1.32. The monoisotopic (exact) mass is 246 g/mol. The van der Waals surface area contributed by atoms with E-state index in [1.54, 1.807) is 4.90 Å². The summed E-state index contributed by atoms with van der Waals surface area (Å²) in [7, 11) is 0. The lowest BCUT2D eigenvalue weighted by atomic mass is 9.93. The molecule has 96 valence electrons. The Morgan fingerprint density at radius 2 is 2.22 bits per heavy atom. The minimum atomic E-state index is -0.354. The van der Waals surface area contributed by atoms with Crippen LogP contribution in [0.3, 0.4) is 0 Å². The molecule has 0 radical (unpaired) electrons. The number of benzene rings is 1. The van der Waals surface area contributed by atoms with Gasteiger partial charge in [-0.2, -0.15) is 0 Å². The van der Waals surface area contributed by atoms with Crippen molar-refractivity contribution in [2.75, 3.05) is 19.6 Å². The summed E-state index contributed by atoms with van der Waals surface area (Å²) < 4.78 is 0. The van der Waals surface area contributed by atoms with Crippen LogP contribution in [0.2, 0.25) is 0 Å². The summed E-state index contributed by atoms with van der Waals surface area (Å²) in [6, 6.07) is 7.88. The second kappa shape index (κ2) is 4.71. The molecule has 4 nitrogen and oxygen atoms in total. The van der Waals surface area contributed by atoms with Crippen LogP contribution in [0.4, 0.5) is 0 Å². The summed E-state index contributed by atoms with van der Waals surface area (Å²) in [4.78, 5) is 14.2. The number of amides is 1. The quantitative estimate of drug-likeness (QED) is 0.757. The van der Waals surface area contributed by atoms with Crippen LogP contribution >= 0.6 is 0 Å². The number of nitrogens with zero attached hydrogens (tertiary/aromatic N) is 1. The number of rotatable bonds is 1. The molecule has 0 bridgehead atoms. The molecule has 2 N–H and O–H groups in total. The van der Waals surface area contributed by atoms with Crippen LogP contribution in [0.25, 0.3) is 0 Å². The van der Waals surface area contributed by atoms with E-state index in [2.05, 4.69) is 11.4 Å². The summed E-state index contributed by atoms with van der Waals surface area (Å²) in [5, 5.41) is 12.8. The van der Waals surface area contributed by atoms with Gasteiger partial charge in [0.2, 0.25) is 5.91 Å². The van der Waals surface area contributed by atoms with Crippen molar-refractivity contribution in [3.8, 4) is 0 Å². The van der Waals surface area contributed by atoms with Crippen molar-refractivity contribution in [1.82, 2.24) is 10.2 Å². The standard InChI is InChI=1S/C14H18N2O2/c17-11-6-8-16(9-11)14(18)13-12-4-2-1-3-10(12)5-7-15-13/h1-4,11,13,15,17H,5-9H2. The van der Waals surface area contributed by atoms with E-state index in [0.717, 1.165) is 18.5 Å². The van der Waals surface area contributed by atoms with E-state index in [-0.39, 0.29) is 18.1 Å². The number of fused-ring (bicyclic) bond motifs is 1. The van der Waals surface area contributed by atoms with Gasteiger partial charge in [0.25, 0.3) is 0 Å². The van der Waals surface area contributed by atoms with Gasteiger partial charge in [-0.25, -0.2) is 0 Å². The smallest absolute Gasteiger partial charge is 0.244 e. The van der Waals surface area contributed by atoms with Crippen LogP contribution in [0.15, 0.2) is 24.3 Å². The molecular formula is C14H18N2O2. The van der Waals surface area contributed by atoms with Gasteiger partial charge in [0.1, 0.15) is 6.04 Å². The van der Waals surface area contributed by atoms with Crippen LogP contribution in [0.1, 0.15) is 23.6 Å². The van der Waals surface area contributed by atoms with E-state index in [9.17, 15) is 9.90 Å². The maximum atomic E-state index is 12.5. The highest BCUT2D eigenvalue weighted by atomic mass is 16.3. The number of hydrogen-bond donors (Lipinski definition) is 2. The largest absolute Gasteiger partial charge is 0.391 e. The van der Waals surface area contributed by atoms with Crippen molar-refractivity contribution < 1.29 is 9.90 Å². The number of aliphatic hydroxyl groups is 1. The van der Waals surface area contributed by atoms with Crippen molar-refractivity contribution in [3.05, 3.63) is 35.4 Å². The molecule has 2 aliphatic rings. The normalized spacial score (nSPS) is 27.1. The minimum Gasteiger partial charge on any atom is -0.391 e. The first-order valence-electron chi connectivity index (χ1n) is 6.54. The van der Waals surface area contributed by atoms with Crippen molar-refractivity contribution in [2.24, 2.45) is 0 Å². The Balaban J connectivity index is 1.83. The lowest BCUT2D eigenvalue weighted by Gasteiger charge is -2.29. The van der Waals surface area contributed by atoms with E-state index in [1.165, 1.54) is 5.56 Å². The zero-order chi connectivity index (χ0) is 12.5. The number of carbonyl (C=O) groups is 1. The molecular weight excluding hydrogens is 228 g/mol. The Labute approximate surface area is 107 Å². The summed E-state index contributed by atoms with van der Waals surface area (Å²) in [5.74, 6) is 0.0960. The molecule has 1 saturated heterocycles. The van der Waals surface area contributed by atoms with Crippen LogP contribution in [0, 0.1) is 0 Å². The molecule has 1 amide bonds. The van der Waals surface area contributed by atoms with E-state index in [1.807, 2.05) is 18.2 Å². The molecule has 1 aromatic carbocycles. The Morgan fingerprint density at radius 1 is 1.39 bits per heavy atom. The van der Waals surface area contributed by atoms with Crippen LogP contribution < -0.4 is 5.32 Å².